The molecule has 2 aromatic carbocycles. The Morgan fingerprint density at radius 3 is 2.31 bits per heavy atom. The molecule has 82 valence electrons. The number of phenolic OH excluding ortho intramolecular Hbond substituents is 1. The minimum absolute atomic E-state index is 0.239. The first kappa shape index (κ1) is 10.9. The summed E-state index contributed by atoms with van der Waals surface area (Å²) in [4.78, 5) is 0. The SMILES string of the molecule is Oc1ccc(-c2cc(F)cc(Cl)c2)cc1F. The molecular weight excluding hydrogens is 234 g/mol. The normalized spacial score (nSPS) is 10.4. The van der Waals surface area contributed by atoms with Crippen LogP contribution in [0.4, 0.5) is 8.78 Å². The van der Waals surface area contributed by atoms with Gasteiger partial charge in [0.2, 0.25) is 0 Å². The van der Waals surface area contributed by atoms with Gasteiger partial charge in [-0.15, -0.1) is 0 Å². The van der Waals surface area contributed by atoms with Gasteiger partial charge in [-0.05, 0) is 41.5 Å². The summed E-state index contributed by atoms with van der Waals surface area (Å²) in [6.45, 7) is 0. The molecule has 4 heteroatoms. The molecule has 1 N–H and O–H groups in total. The van der Waals surface area contributed by atoms with Crippen LogP contribution in [-0.2, 0) is 0 Å². The van der Waals surface area contributed by atoms with Crippen LogP contribution in [0.1, 0.15) is 0 Å². The van der Waals surface area contributed by atoms with E-state index in [2.05, 4.69) is 0 Å². The van der Waals surface area contributed by atoms with Gasteiger partial charge in [-0.1, -0.05) is 17.7 Å². The second-order valence-corrected chi connectivity index (χ2v) is 3.76. The zero-order valence-electron chi connectivity index (χ0n) is 8.05. The van der Waals surface area contributed by atoms with Crippen LogP contribution >= 0.6 is 11.6 Å². The number of benzene rings is 2. The lowest BCUT2D eigenvalue weighted by Crippen LogP contribution is -1.83. The van der Waals surface area contributed by atoms with Crippen LogP contribution in [0.15, 0.2) is 36.4 Å². The van der Waals surface area contributed by atoms with Gasteiger partial charge in [0, 0.05) is 5.02 Å². The van der Waals surface area contributed by atoms with Crippen molar-refractivity contribution < 1.29 is 13.9 Å². The Hall–Kier alpha value is -1.61. The van der Waals surface area contributed by atoms with Gasteiger partial charge in [-0.25, -0.2) is 8.78 Å². The third-order valence-corrected chi connectivity index (χ3v) is 2.36. The first-order chi connectivity index (χ1) is 7.56. The van der Waals surface area contributed by atoms with Crippen LogP contribution in [0.5, 0.6) is 5.75 Å². The second-order valence-electron chi connectivity index (χ2n) is 3.32. The highest BCUT2D eigenvalue weighted by molar-refractivity contribution is 6.30. The highest BCUT2D eigenvalue weighted by atomic mass is 35.5. The Morgan fingerprint density at radius 2 is 1.69 bits per heavy atom. The molecule has 0 atom stereocenters. The maximum atomic E-state index is 13.1. The molecule has 0 saturated carbocycles. The third kappa shape index (κ3) is 2.14. The molecule has 0 spiro atoms. The molecule has 0 heterocycles. The first-order valence-corrected chi connectivity index (χ1v) is 4.89. The molecule has 0 unspecified atom stereocenters. The minimum Gasteiger partial charge on any atom is -0.505 e. The lowest BCUT2D eigenvalue weighted by molar-refractivity contribution is 0.432. The summed E-state index contributed by atoms with van der Waals surface area (Å²) in [5.74, 6) is -1.68. The van der Waals surface area contributed by atoms with Crippen molar-refractivity contribution in [3.05, 3.63) is 53.1 Å². The Balaban J connectivity index is 2.54. The quantitative estimate of drug-likeness (QED) is 0.799. The number of phenols is 1. The first-order valence-electron chi connectivity index (χ1n) is 4.51. The zero-order chi connectivity index (χ0) is 11.7. The molecule has 0 saturated heterocycles. The molecule has 0 aromatic heterocycles. The number of hydrogen-bond donors (Lipinski definition) is 1. The predicted octanol–water partition coefficient (Wildman–Crippen LogP) is 3.99. The minimum atomic E-state index is -0.752. The van der Waals surface area contributed by atoms with Crippen LogP contribution in [0.25, 0.3) is 11.1 Å². The number of aromatic hydroxyl groups is 1. The molecule has 0 aliphatic rings. The summed E-state index contributed by atoms with van der Waals surface area (Å²) in [5, 5.41) is 9.26. The van der Waals surface area contributed by atoms with Crippen molar-refractivity contribution in [3.63, 3.8) is 0 Å². The van der Waals surface area contributed by atoms with E-state index in [-0.39, 0.29) is 5.02 Å². The predicted molar refractivity (Wildman–Crippen MR) is 58.5 cm³/mol. The van der Waals surface area contributed by atoms with Gasteiger partial charge < -0.3 is 5.11 Å². The smallest absolute Gasteiger partial charge is 0.165 e. The van der Waals surface area contributed by atoms with Crippen LogP contribution in [0.3, 0.4) is 0 Å². The van der Waals surface area contributed by atoms with E-state index in [1.165, 1.54) is 30.3 Å². The van der Waals surface area contributed by atoms with Gasteiger partial charge in [0.25, 0.3) is 0 Å². The third-order valence-electron chi connectivity index (χ3n) is 2.14. The van der Waals surface area contributed by atoms with Crippen molar-refractivity contribution in [3.8, 4) is 16.9 Å². The van der Waals surface area contributed by atoms with E-state index < -0.39 is 17.4 Å². The molecule has 0 radical (unpaired) electrons. The standard InChI is InChI=1S/C12H7ClF2O/c13-9-3-8(4-10(14)6-9)7-1-2-12(16)11(15)5-7/h1-6,16H. The maximum absolute atomic E-state index is 13.1. The summed E-state index contributed by atoms with van der Waals surface area (Å²) in [6.07, 6.45) is 0. The van der Waals surface area contributed by atoms with Gasteiger partial charge in [0.15, 0.2) is 11.6 Å². The number of halogens is 3. The fraction of sp³-hybridized carbons (Fsp3) is 0. The van der Waals surface area contributed by atoms with E-state index in [0.29, 0.717) is 11.1 Å². The molecule has 1 nitrogen and oxygen atoms in total. The van der Waals surface area contributed by atoms with Crippen molar-refractivity contribution in [1.82, 2.24) is 0 Å². The molecule has 2 rings (SSSR count). The van der Waals surface area contributed by atoms with E-state index in [0.717, 1.165) is 6.07 Å². The Kier molecular flexibility index (Phi) is 2.79. The van der Waals surface area contributed by atoms with Crippen molar-refractivity contribution in [2.75, 3.05) is 0 Å². The van der Waals surface area contributed by atoms with Gasteiger partial charge in [0.1, 0.15) is 5.82 Å². The van der Waals surface area contributed by atoms with Gasteiger partial charge in [0.05, 0.1) is 0 Å². The topological polar surface area (TPSA) is 20.2 Å². The Bertz CT molecular complexity index is 520. The Labute approximate surface area is 95.9 Å². The average Bonchev–Trinajstić information content (AvgIpc) is 2.20. The van der Waals surface area contributed by atoms with E-state index in [1.54, 1.807) is 0 Å². The van der Waals surface area contributed by atoms with Crippen LogP contribution < -0.4 is 0 Å². The second kappa shape index (κ2) is 4.10. The van der Waals surface area contributed by atoms with Gasteiger partial charge >= 0.3 is 0 Å². The number of hydrogen-bond acceptors (Lipinski definition) is 1. The highest BCUT2D eigenvalue weighted by Gasteiger charge is 2.06. The molecule has 16 heavy (non-hydrogen) atoms. The maximum Gasteiger partial charge on any atom is 0.165 e. The fourth-order valence-corrected chi connectivity index (χ4v) is 1.63. The zero-order valence-corrected chi connectivity index (χ0v) is 8.80. The monoisotopic (exact) mass is 240 g/mol. The van der Waals surface area contributed by atoms with E-state index in [1.807, 2.05) is 0 Å². The summed E-state index contributed by atoms with van der Waals surface area (Å²) in [7, 11) is 0. The molecule has 0 aliphatic heterocycles. The van der Waals surface area contributed by atoms with Crippen LogP contribution in [0.2, 0.25) is 5.02 Å². The lowest BCUT2D eigenvalue weighted by Gasteiger charge is -2.04. The molecule has 0 amide bonds. The van der Waals surface area contributed by atoms with E-state index >= 15 is 0 Å². The summed E-state index contributed by atoms with van der Waals surface area (Å²) in [6, 6.07) is 7.77. The van der Waals surface area contributed by atoms with Crippen molar-refractivity contribution in [2.24, 2.45) is 0 Å². The molecule has 2 aromatic rings. The van der Waals surface area contributed by atoms with Gasteiger partial charge in [-0.2, -0.15) is 0 Å². The summed E-state index contributed by atoms with van der Waals surface area (Å²) in [5.41, 5.74) is 0.917. The van der Waals surface area contributed by atoms with E-state index in [4.69, 9.17) is 16.7 Å². The van der Waals surface area contributed by atoms with Gasteiger partial charge in [-0.3, -0.25) is 0 Å². The van der Waals surface area contributed by atoms with Crippen molar-refractivity contribution >= 4 is 11.6 Å². The average molecular weight is 241 g/mol. The van der Waals surface area contributed by atoms with E-state index in [9.17, 15) is 8.78 Å². The van der Waals surface area contributed by atoms with Crippen LogP contribution in [-0.4, -0.2) is 5.11 Å². The summed E-state index contributed by atoms with van der Waals surface area (Å²) >= 11 is 5.69. The largest absolute Gasteiger partial charge is 0.505 e. The van der Waals surface area contributed by atoms with Crippen molar-refractivity contribution in [1.29, 1.82) is 0 Å². The summed E-state index contributed by atoms with van der Waals surface area (Å²) < 4.78 is 26.2. The highest BCUT2D eigenvalue weighted by Crippen LogP contribution is 2.27. The molecule has 0 aliphatic carbocycles. The Morgan fingerprint density at radius 1 is 0.938 bits per heavy atom. The molecule has 0 bridgehead atoms. The molecule has 0 fully saturated rings. The lowest BCUT2D eigenvalue weighted by atomic mass is 10.1. The fourth-order valence-electron chi connectivity index (χ4n) is 1.41. The number of rotatable bonds is 1. The molecular formula is C12H7ClF2O. The van der Waals surface area contributed by atoms with Crippen molar-refractivity contribution in [2.45, 2.75) is 0 Å². The van der Waals surface area contributed by atoms with Crippen LogP contribution in [0, 0.1) is 11.6 Å².